The number of carbonyl (C=O) groups excluding carboxylic acids is 1. The molecule has 3 nitrogen and oxygen atoms in total. The van der Waals surface area contributed by atoms with Crippen LogP contribution in [0.1, 0.15) is 5.56 Å². The van der Waals surface area contributed by atoms with Crippen LogP contribution < -0.4 is 5.32 Å². The Morgan fingerprint density at radius 2 is 2.00 bits per heavy atom. The average molecular weight is 259 g/mol. The number of rotatable bonds is 3. The van der Waals surface area contributed by atoms with Gasteiger partial charge in [0, 0.05) is 20.1 Å². The van der Waals surface area contributed by atoms with Gasteiger partial charge in [0.25, 0.3) is 0 Å². The SMILES string of the molecule is CN(C(=O)Cc1ccc(F)cc1)C1CNC1.Cl. The fraction of sp³-hybridized carbons (Fsp3) is 0.417. The number of benzene rings is 1. The standard InChI is InChI=1S/C12H15FN2O.ClH/c1-15(11-7-14-8-11)12(16)6-9-2-4-10(13)5-3-9;/h2-5,11,14H,6-8H2,1H3;1H. The molecule has 94 valence electrons. The second-order valence-electron chi connectivity index (χ2n) is 4.12. The molecule has 1 aromatic carbocycles. The molecule has 1 N–H and O–H groups in total. The fourth-order valence-electron chi connectivity index (χ4n) is 1.65. The summed E-state index contributed by atoms with van der Waals surface area (Å²) < 4.78 is 12.7. The van der Waals surface area contributed by atoms with Crippen molar-refractivity contribution in [3.8, 4) is 0 Å². The van der Waals surface area contributed by atoms with Crippen LogP contribution in [-0.2, 0) is 11.2 Å². The molecule has 0 radical (unpaired) electrons. The highest BCUT2D eigenvalue weighted by atomic mass is 35.5. The lowest BCUT2D eigenvalue weighted by molar-refractivity contribution is -0.132. The summed E-state index contributed by atoms with van der Waals surface area (Å²) in [5, 5.41) is 3.12. The summed E-state index contributed by atoms with van der Waals surface area (Å²) in [7, 11) is 1.82. The first-order chi connectivity index (χ1) is 7.66. The molecule has 1 fully saturated rings. The molecule has 0 saturated carbocycles. The lowest BCUT2D eigenvalue weighted by Crippen LogP contribution is -2.57. The van der Waals surface area contributed by atoms with E-state index in [0.717, 1.165) is 18.7 Å². The predicted octanol–water partition coefficient (Wildman–Crippen LogP) is 1.22. The molecule has 1 aromatic rings. The third-order valence-corrected chi connectivity index (χ3v) is 2.97. The zero-order valence-electron chi connectivity index (χ0n) is 9.65. The summed E-state index contributed by atoms with van der Waals surface area (Å²) >= 11 is 0. The number of amides is 1. The Labute approximate surface area is 106 Å². The van der Waals surface area contributed by atoms with E-state index >= 15 is 0 Å². The molecule has 1 aliphatic heterocycles. The van der Waals surface area contributed by atoms with Gasteiger partial charge in [0.05, 0.1) is 12.5 Å². The summed E-state index contributed by atoms with van der Waals surface area (Å²) in [5.74, 6) is -0.189. The van der Waals surface area contributed by atoms with Gasteiger partial charge in [-0.1, -0.05) is 12.1 Å². The van der Waals surface area contributed by atoms with Gasteiger partial charge in [-0.2, -0.15) is 0 Å². The van der Waals surface area contributed by atoms with E-state index in [2.05, 4.69) is 5.32 Å². The Morgan fingerprint density at radius 1 is 1.41 bits per heavy atom. The quantitative estimate of drug-likeness (QED) is 0.884. The molecule has 1 aliphatic rings. The molecular formula is C12H16ClFN2O. The Morgan fingerprint density at radius 3 is 2.47 bits per heavy atom. The fourth-order valence-corrected chi connectivity index (χ4v) is 1.65. The molecule has 5 heteroatoms. The van der Waals surface area contributed by atoms with Crippen molar-refractivity contribution in [2.24, 2.45) is 0 Å². The summed E-state index contributed by atoms with van der Waals surface area (Å²) in [4.78, 5) is 13.6. The van der Waals surface area contributed by atoms with Crippen LogP contribution >= 0.6 is 12.4 Å². The van der Waals surface area contributed by atoms with Crippen LogP contribution in [0.25, 0.3) is 0 Å². The van der Waals surface area contributed by atoms with Crippen molar-refractivity contribution in [3.63, 3.8) is 0 Å². The number of nitrogens with one attached hydrogen (secondary N) is 1. The average Bonchev–Trinajstić information content (AvgIpc) is 2.19. The van der Waals surface area contributed by atoms with Crippen LogP contribution in [-0.4, -0.2) is 37.0 Å². The van der Waals surface area contributed by atoms with E-state index in [0.29, 0.717) is 12.5 Å². The van der Waals surface area contributed by atoms with Gasteiger partial charge in [0.15, 0.2) is 0 Å². The number of nitrogens with zero attached hydrogens (tertiary/aromatic N) is 1. The Kier molecular flexibility index (Phi) is 4.90. The van der Waals surface area contributed by atoms with Crippen LogP contribution in [0.15, 0.2) is 24.3 Å². The number of hydrogen-bond acceptors (Lipinski definition) is 2. The van der Waals surface area contributed by atoms with Crippen molar-refractivity contribution in [3.05, 3.63) is 35.6 Å². The van der Waals surface area contributed by atoms with Crippen LogP contribution in [0.2, 0.25) is 0 Å². The van der Waals surface area contributed by atoms with Gasteiger partial charge in [0.2, 0.25) is 5.91 Å². The second-order valence-corrected chi connectivity index (χ2v) is 4.12. The second kappa shape index (κ2) is 5.98. The molecule has 1 saturated heterocycles. The molecule has 0 aliphatic carbocycles. The lowest BCUT2D eigenvalue weighted by Gasteiger charge is -2.35. The Balaban J connectivity index is 0.00000144. The molecule has 0 unspecified atom stereocenters. The maximum absolute atomic E-state index is 12.7. The van der Waals surface area contributed by atoms with E-state index in [4.69, 9.17) is 0 Å². The molecule has 0 spiro atoms. The predicted molar refractivity (Wildman–Crippen MR) is 66.8 cm³/mol. The number of hydrogen-bond donors (Lipinski definition) is 1. The van der Waals surface area contributed by atoms with Crippen LogP contribution in [0.4, 0.5) is 4.39 Å². The number of likely N-dealkylation sites (N-methyl/N-ethyl adjacent to an activating group) is 1. The van der Waals surface area contributed by atoms with E-state index in [-0.39, 0.29) is 24.1 Å². The maximum atomic E-state index is 12.7. The van der Waals surface area contributed by atoms with E-state index in [1.54, 1.807) is 17.0 Å². The molecular weight excluding hydrogens is 243 g/mol. The van der Waals surface area contributed by atoms with Gasteiger partial charge in [0.1, 0.15) is 5.82 Å². The zero-order chi connectivity index (χ0) is 11.5. The number of carbonyl (C=O) groups is 1. The van der Waals surface area contributed by atoms with Crippen LogP contribution in [0.5, 0.6) is 0 Å². The summed E-state index contributed by atoms with van der Waals surface area (Å²) in [6, 6.07) is 6.38. The molecule has 0 atom stereocenters. The largest absolute Gasteiger partial charge is 0.340 e. The van der Waals surface area contributed by atoms with Crippen molar-refractivity contribution >= 4 is 18.3 Å². The van der Waals surface area contributed by atoms with E-state index in [1.165, 1.54) is 12.1 Å². The molecule has 1 heterocycles. The third kappa shape index (κ3) is 3.41. The molecule has 1 amide bonds. The van der Waals surface area contributed by atoms with Crippen molar-refractivity contribution in [1.82, 2.24) is 10.2 Å². The normalized spacial score (nSPS) is 14.7. The minimum absolute atomic E-state index is 0. The van der Waals surface area contributed by atoms with Gasteiger partial charge in [-0.05, 0) is 17.7 Å². The third-order valence-electron chi connectivity index (χ3n) is 2.97. The van der Waals surface area contributed by atoms with Gasteiger partial charge in [-0.15, -0.1) is 12.4 Å². The topological polar surface area (TPSA) is 32.3 Å². The smallest absolute Gasteiger partial charge is 0.227 e. The summed E-state index contributed by atoms with van der Waals surface area (Å²) in [6.45, 7) is 1.73. The molecule has 2 rings (SSSR count). The van der Waals surface area contributed by atoms with Crippen molar-refractivity contribution in [2.45, 2.75) is 12.5 Å². The minimum Gasteiger partial charge on any atom is -0.340 e. The van der Waals surface area contributed by atoms with Crippen LogP contribution in [0.3, 0.4) is 0 Å². The monoisotopic (exact) mass is 258 g/mol. The highest BCUT2D eigenvalue weighted by Gasteiger charge is 2.24. The van der Waals surface area contributed by atoms with Gasteiger partial charge in [-0.3, -0.25) is 4.79 Å². The molecule has 0 bridgehead atoms. The first-order valence-electron chi connectivity index (χ1n) is 5.37. The minimum atomic E-state index is -0.271. The lowest BCUT2D eigenvalue weighted by atomic mass is 10.1. The van der Waals surface area contributed by atoms with E-state index in [1.807, 2.05) is 7.05 Å². The van der Waals surface area contributed by atoms with Gasteiger partial charge < -0.3 is 10.2 Å². The van der Waals surface area contributed by atoms with E-state index in [9.17, 15) is 9.18 Å². The Hall–Kier alpha value is -1.13. The highest BCUT2D eigenvalue weighted by molar-refractivity contribution is 5.85. The Bertz CT molecular complexity index is 379. The maximum Gasteiger partial charge on any atom is 0.227 e. The molecule has 17 heavy (non-hydrogen) atoms. The summed E-state index contributed by atoms with van der Waals surface area (Å²) in [6.07, 6.45) is 0.341. The van der Waals surface area contributed by atoms with Crippen molar-refractivity contribution in [1.29, 1.82) is 0 Å². The molecule has 0 aromatic heterocycles. The first kappa shape index (κ1) is 13.9. The van der Waals surface area contributed by atoms with Crippen molar-refractivity contribution < 1.29 is 9.18 Å². The number of halogens is 2. The van der Waals surface area contributed by atoms with Crippen molar-refractivity contribution in [2.75, 3.05) is 20.1 Å². The van der Waals surface area contributed by atoms with Gasteiger partial charge in [-0.25, -0.2) is 4.39 Å². The highest BCUT2D eigenvalue weighted by Crippen LogP contribution is 2.08. The van der Waals surface area contributed by atoms with Gasteiger partial charge >= 0.3 is 0 Å². The first-order valence-corrected chi connectivity index (χ1v) is 5.37. The van der Waals surface area contributed by atoms with E-state index < -0.39 is 0 Å². The zero-order valence-corrected chi connectivity index (χ0v) is 10.5. The summed E-state index contributed by atoms with van der Waals surface area (Å²) in [5.41, 5.74) is 0.852. The van der Waals surface area contributed by atoms with Crippen LogP contribution in [0, 0.1) is 5.82 Å².